The SMILES string of the molecule is CSCC(C)N(C)C(=O)N(CCCC(=O)O)C(C)C. The highest BCUT2D eigenvalue weighted by molar-refractivity contribution is 7.98. The highest BCUT2D eigenvalue weighted by atomic mass is 32.2. The van der Waals surface area contributed by atoms with Gasteiger partial charge in [-0.1, -0.05) is 0 Å². The van der Waals surface area contributed by atoms with Gasteiger partial charge in [-0.25, -0.2) is 4.79 Å². The number of carboxylic acids is 1. The fraction of sp³-hybridized carbons (Fsp3) is 0.846. The zero-order chi connectivity index (χ0) is 15.0. The molecule has 0 aromatic rings. The van der Waals surface area contributed by atoms with E-state index in [1.54, 1.807) is 28.6 Å². The van der Waals surface area contributed by atoms with Crippen molar-refractivity contribution in [2.45, 2.75) is 45.7 Å². The Labute approximate surface area is 120 Å². The van der Waals surface area contributed by atoms with Crippen molar-refractivity contribution in [2.24, 2.45) is 0 Å². The van der Waals surface area contributed by atoms with E-state index in [0.717, 1.165) is 5.75 Å². The average molecular weight is 290 g/mol. The number of thioether (sulfide) groups is 1. The molecule has 0 rings (SSSR count). The minimum Gasteiger partial charge on any atom is -0.481 e. The fourth-order valence-corrected chi connectivity index (χ4v) is 2.43. The van der Waals surface area contributed by atoms with E-state index in [9.17, 15) is 9.59 Å². The number of rotatable bonds is 8. The third-order valence-corrected chi connectivity index (χ3v) is 3.85. The van der Waals surface area contributed by atoms with Crippen molar-refractivity contribution in [1.29, 1.82) is 0 Å². The molecule has 1 atom stereocenters. The van der Waals surface area contributed by atoms with Crippen LogP contribution in [-0.4, -0.2) is 64.6 Å². The van der Waals surface area contributed by atoms with E-state index in [2.05, 4.69) is 0 Å². The predicted octanol–water partition coefficient (Wildman–Crippen LogP) is 2.36. The van der Waals surface area contributed by atoms with Crippen LogP contribution >= 0.6 is 11.8 Å². The van der Waals surface area contributed by atoms with Crippen LogP contribution in [0.25, 0.3) is 0 Å². The van der Waals surface area contributed by atoms with E-state index >= 15 is 0 Å². The third-order valence-electron chi connectivity index (χ3n) is 3.03. The van der Waals surface area contributed by atoms with E-state index in [-0.39, 0.29) is 24.5 Å². The van der Waals surface area contributed by atoms with Crippen LogP contribution in [0.1, 0.15) is 33.6 Å². The summed E-state index contributed by atoms with van der Waals surface area (Å²) in [4.78, 5) is 26.4. The van der Waals surface area contributed by atoms with Crippen LogP contribution in [0.15, 0.2) is 0 Å². The molecular weight excluding hydrogens is 264 g/mol. The number of urea groups is 1. The number of hydrogen-bond donors (Lipinski definition) is 1. The maximum Gasteiger partial charge on any atom is 0.320 e. The third kappa shape index (κ3) is 6.71. The average Bonchev–Trinajstić information content (AvgIpc) is 2.32. The van der Waals surface area contributed by atoms with Crippen molar-refractivity contribution in [3.63, 3.8) is 0 Å². The Morgan fingerprint density at radius 3 is 2.26 bits per heavy atom. The molecule has 112 valence electrons. The van der Waals surface area contributed by atoms with Crippen LogP contribution in [0, 0.1) is 0 Å². The van der Waals surface area contributed by atoms with Gasteiger partial charge >= 0.3 is 12.0 Å². The smallest absolute Gasteiger partial charge is 0.320 e. The van der Waals surface area contributed by atoms with Gasteiger partial charge in [-0.05, 0) is 33.4 Å². The molecule has 0 aliphatic carbocycles. The van der Waals surface area contributed by atoms with E-state index in [0.29, 0.717) is 13.0 Å². The molecule has 0 aromatic carbocycles. The first kappa shape index (κ1) is 18.1. The Hall–Kier alpha value is -0.910. The van der Waals surface area contributed by atoms with Gasteiger partial charge in [0.05, 0.1) is 0 Å². The number of amides is 2. The first-order valence-corrected chi connectivity index (χ1v) is 7.94. The Morgan fingerprint density at radius 1 is 1.26 bits per heavy atom. The summed E-state index contributed by atoms with van der Waals surface area (Å²) in [5, 5.41) is 8.65. The highest BCUT2D eigenvalue weighted by Crippen LogP contribution is 2.10. The summed E-state index contributed by atoms with van der Waals surface area (Å²) >= 11 is 1.71. The number of nitrogens with zero attached hydrogens (tertiary/aromatic N) is 2. The molecule has 0 saturated carbocycles. The summed E-state index contributed by atoms with van der Waals surface area (Å²) in [5.74, 6) is 0.0730. The van der Waals surface area contributed by atoms with Gasteiger partial charge in [0, 0.05) is 37.8 Å². The van der Waals surface area contributed by atoms with Gasteiger partial charge in [-0.15, -0.1) is 0 Å². The van der Waals surface area contributed by atoms with Gasteiger partial charge in [0.15, 0.2) is 0 Å². The van der Waals surface area contributed by atoms with Gasteiger partial charge in [0.2, 0.25) is 0 Å². The van der Waals surface area contributed by atoms with Gasteiger partial charge in [0.25, 0.3) is 0 Å². The molecule has 0 heterocycles. The number of hydrogen-bond acceptors (Lipinski definition) is 3. The van der Waals surface area contributed by atoms with Crippen LogP contribution in [0.4, 0.5) is 4.79 Å². The quantitative estimate of drug-likeness (QED) is 0.745. The second kappa shape index (κ2) is 9.07. The lowest BCUT2D eigenvalue weighted by Crippen LogP contribution is -2.49. The topological polar surface area (TPSA) is 60.9 Å². The second-order valence-electron chi connectivity index (χ2n) is 4.98. The molecule has 6 heteroatoms. The van der Waals surface area contributed by atoms with Crippen LogP contribution in [0.3, 0.4) is 0 Å². The molecule has 19 heavy (non-hydrogen) atoms. The normalized spacial score (nSPS) is 12.3. The first-order chi connectivity index (χ1) is 8.81. The summed E-state index contributed by atoms with van der Waals surface area (Å²) < 4.78 is 0. The molecule has 0 fully saturated rings. The van der Waals surface area contributed by atoms with Gasteiger partial charge in [-0.2, -0.15) is 11.8 Å². The Balaban J connectivity index is 4.51. The summed E-state index contributed by atoms with van der Waals surface area (Å²) in [5.41, 5.74) is 0. The van der Waals surface area contributed by atoms with E-state index in [1.165, 1.54) is 0 Å². The maximum absolute atomic E-state index is 12.4. The van der Waals surface area contributed by atoms with Crippen LogP contribution in [-0.2, 0) is 4.79 Å². The Morgan fingerprint density at radius 2 is 1.84 bits per heavy atom. The molecule has 0 saturated heterocycles. The molecule has 2 amide bonds. The fourth-order valence-electron chi connectivity index (χ4n) is 1.72. The predicted molar refractivity (Wildman–Crippen MR) is 79.7 cm³/mol. The molecule has 5 nitrogen and oxygen atoms in total. The summed E-state index contributed by atoms with van der Waals surface area (Å²) in [6.45, 7) is 6.40. The summed E-state index contributed by atoms with van der Waals surface area (Å²) in [6, 6.07) is 0.218. The van der Waals surface area contributed by atoms with E-state index in [1.807, 2.05) is 27.0 Å². The summed E-state index contributed by atoms with van der Waals surface area (Å²) in [6.07, 6.45) is 2.60. The van der Waals surface area contributed by atoms with Crippen LogP contribution < -0.4 is 0 Å². The van der Waals surface area contributed by atoms with Gasteiger partial charge in [-0.3, -0.25) is 4.79 Å². The molecule has 1 N–H and O–H groups in total. The van der Waals surface area contributed by atoms with E-state index < -0.39 is 5.97 Å². The standard InChI is InChI=1S/C13H26N2O3S/c1-10(2)15(8-6-7-12(16)17)13(18)14(4)11(3)9-19-5/h10-11H,6-9H2,1-5H3,(H,16,17). The van der Waals surface area contributed by atoms with Crippen LogP contribution in [0.5, 0.6) is 0 Å². The second-order valence-corrected chi connectivity index (χ2v) is 5.89. The minimum atomic E-state index is -0.819. The largest absolute Gasteiger partial charge is 0.481 e. The van der Waals surface area contributed by atoms with E-state index in [4.69, 9.17) is 5.11 Å². The summed E-state index contributed by atoms with van der Waals surface area (Å²) in [7, 11) is 1.80. The molecule has 0 spiro atoms. The highest BCUT2D eigenvalue weighted by Gasteiger charge is 2.23. The van der Waals surface area contributed by atoms with Gasteiger partial charge in [0.1, 0.15) is 0 Å². The lowest BCUT2D eigenvalue weighted by atomic mass is 10.2. The Kier molecular flexibility index (Phi) is 8.63. The van der Waals surface area contributed by atoms with Crippen molar-refractivity contribution in [2.75, 3.05) is 25.6 Å². The first-order valence-electron chi connectivity index (χ1n) is 6.55. The van der Waals surface area contributed by atoms with Crippen molar-refractivity contribution < 1.29 is 14.7 Å². The Bertz CT molecular complexity index is 298. The van der Waals surface area contributed by atoms with Crippen molar-refractivity contribution in [3.05, 3.63) is 0 Å². The zero-order valence-electron chi connectivity index (χ0n) is 12.5. The van der Waals surface area contributed by atoms with Crippen molar-refractivity contribution >= 4 is 23.8 Å². The zero-order valence-corrected chi connectivity index (χ0v) is 13.4. The number of carboxylic acid groups (broad SMARTS) is 1. The monoisotopic (exact) mass is 290 g/mol. The molecule has 0 aliphatic heterocycles. The van der Waals surface area contributed by atoms with Crippen LogP contribution in [0.2, 0.25) is 0 Å². The molecule has 0 aliphatic rings. The van der Waals surface area contributed by atoms with Crippen molar-refractivity contribution in [1.82, 2.24) is 9.80 Å². The van der Waals surface area contributed by atoms with Gasteiger partial charge < -0.3 is 14.9 Å². The molecule has 0 aromatic heterocycles. The van der Waals surface area contributed by atoms with Crippen molar-refractivity contribution in [3.8, 4) is 0 Å². The molecule has 1 unspecified atom stereocenters. The minimum absolute atomic E-state index is 0.0260. The molecular formula is C13H26N2O3S. The lowest BCUT2D eigenvalue weighted by molar-refractivity contribution is -0.137. The number of carbonyl (C=O) groups excluding carboxylic acids is 1. The number of carbonyl (C=O) groups is 2. The molecule has 0 bridgehead atoms. The molecule has 0 radical (unpaired) electrons. The lowest BCUT2D eigenvalue weighted by Gasteiger charge is -2.34. The number of aliphatic carboxylic acids is 1. The maximum atomic E-state index is 12.4.